The normalized spacial score (nSPS) is 12.2. The Bertz CT molecular complexity index is 377. The van der Waals surface area contributed by atoms with E-state index in [0.717, 1.165) is 5.56 Å². The zero-order valence-electron chi connectivity index (χ0n) is 9.37. The molecule has 3 nitrogen and oxygen atoms in total. The Morgan fingerprint density at radius 1 is 1.56 bits per heavy atom. The Kier molecular flexibility index (Phi) is 4.62. The number of hydrogen-bond donors (Lipinski definition) is 1. The molecule has 0 saturated heterocycles. The van der Waals surface area contributed by atoms with Gasteiger partial charge in [-0.25, -0.2) is 0 Å². The van der Waals surface area contributed by atoms with Gasteiger partial charge in [-0.05, 0) is 30.0 Å². The van der Waals surface area contributed by atoms with Crippen LogP contribution in [0.15, 0.2) is 18.2 Å². The summed E-state index contributed by atoms with van der Waals surface area (Å²) in [6, 6.07) is 5.52. The Labute approximate surface area is 100.0 Å². The van der Waals surface area contributed by atoms with Crippen molar-refractivity contribution in [3.8, 4) is 5.75 Å². The first-order chi connectivity index (χ1) is 7.52. The van der Waals surface area contributed by atoms with Crippen molar-refractivity contribution in [1.82, 2.24) is 0 Å². The van der Waals surface area contributed by atoms with E-state index in [1.807, 2.05) is 19.1 Å². The lowest BCUT2D eigenvalue weighted by Crippen LogP contribution is -2.07. The van der Waals surface area contributed by atoms with Gasteiger partial charge in [0.25, 0.3) is 0 Å². The second kappa shape index (κ2) is 5.75. The van der Waals surface area contributed by atoms with Crippen LogP contribution in [0, 0.1) is 5.92 Å². The molecule has 0 saturated carbocycles. The largest absolute Gasteiger partial charge is 0.495 e. The first-order valence-electron chi connectivity index (χ1n) is 5.07. The predicted molar refractivity (Wildman–Crippen MR) is 63.1 cm³/mol. The molecular weight excluding hydrogens is 228 g/mol. The highest BCUT2D eigenvalue weighted by Crippen LogP contribution is 2.26. The summed E-state index contributed by atoms with van der Waals surface area (Å²) in [6.45, 7) is 1.91. The molecule has 0 aliphatic carbocycles. The van der Waals surface area contributed by atoms with Crippen LogP contribution in [0.4, 0.5) is 0 Å². The van der Waals surface area contributed by atoms with Crippen molar-refractivity contribution in [2.45, 2.75) is 19.8 Å². The maximum Gasteiger partial charge on any atom is 0.303 e. The first-order valence-corrected chi connectivity index (χ1v) is 5.45. The number of halogens is 1. The second-order valence-electron chi connectivity index (χ2n) is 3.88. The average molecular weight is 243 g/mol. The van der Waals surface area contributed by atoms with Crippen LogP contribution in [0.1, 0.15) is 18.9 Å². The molecule has 0 bridgehead atoms. The molecule has 1 unspecified atom stereocenters. The zero-order valence-corrected chi connectivity index (χ0v) is 10.1. The Morgan fingerprint density at radius 2 is 2.25 bits per heavy atom. The van der Waals surface area contributed by atoms with E-state index in [2.05, 4.69) is 0 Å². The topological polar surface area (TPSA) is 46.5 Å². The van der Waals surface area contributed by atoms with E-state index in [0.29, 0.717) is 17.2 Å². The fourth-order valence-corrected chi connectivity index (χ4v) is 1.89. The Balaban J connectivity index is 2.67. The minimum Gasteiger partial charge on any atom is -0.495 e. The van der Waals surface area contributed by atoms with E-state index in [1.165, 1.54) is 0 Å². The first kappa shape index (κ1) is 12.8. The van der Waals surface area contributed by atoms with E-state index in [4.69, 9.17) is 21.4 Å². The molecule has 1 aromatic carbocycles. The minimum atomic E-state index is -0.771. The van der Waals surface area contributed by atoms with Crippen molar-refractivity contribution < 1.29 is 14.6 Å². The highest BCUT2D eigenvalue weighted by Gasteiger charge is 2.09. The summed E-state index contributed by atoms with van der Waals surface area (Å²) in [5.41, 5.74) is 1.03. The van der Waals surface area contributed by atoms with Gasteiger partial charge in [0.2, 0.25) is 0 Å². The summed E-state index contributed by atoms with van der Waals surface area (Å²) in [5, 5.41) is 9.21. The molecule has 0 amide bonds. The van der Waals surface area contributed by atoms with Crippen molar-refractivity contribution in [2.75, 3.05) is 7.11 Å². The van der Waals surface area contributed by atoms with Crippen LogP contribution < -0.4 is 4.74 Å². The van der Waals surface area contributed by atoms with Crippen molar-refractivity contribution in [1.29, 1.82) is 0 Å². The van der Waals surface area contributed by atoms with Gasteiger partial charge in [-0.1, -0.05) is 24.6 Å². The Morgan fingerprint density at radius 3 is 2.75 bits per heavy atom. The third-order valence-corrected chi connectivity index (χ3v) is 2.62. The molecule has 0 heterocycles. The molecule has 0 radical (unpaired) electrons. The van der Waals surface area contributed by atoms with Crippen molar-refractivity contribution in [2.24, 2.45) is 5.92 Å². The van der Waals surface area contributed by atoms with Crippen LogP contribution in [-0.2, 0) is 11.2 Å². The molecule has 0 spiro atoms. The van der Waals surface area contributed by atoms with E-state index in [9.17, 15) is 4.79 Å². The number of aliphatic carboxylic acids is 1. The smallest absolute Gasteiger partial charge is 0.303 e. The summed E-state index contributed by atoms with van der Waals surface area (Å²) < 4.78 is 5.04. The zero-order chi connectivity index (χ0) is 12.1. The number of carboxylic acids is 1. The monoisotopic (exact) mass is 242 g/mol. The number of rotatable bonds is 5. The summed E-state index contributed by atoms with van der Waals surface area (Å²) in [5.74, 6) is -0.0367. The highest BCUT2D eigenvalue weighted by atomic mass is 35.5. The molecular formula is C12H15ClO3. The van der Waals surface area contributed by atoms with Gasteiger partial charge in [0.05, 0.1) is 12.1 Å². The molecule has 0 aliphatic rings. The average Bonchev–Trinajstić information content (AvgIpc) is 2.16. The number of carboxylic acid groups (broad SMARTS) is 1. The predicted octanol–water partition coefficient (Wildman–Crippen LogP) is 3.00. The summed E-state index contributed by atoms with van der Waals surface area (Å²) >= 11 is 5.98. The minimum absolute atomic E-state index is 0.0990. The van der Waals surface area contributed by atoms with Gasteiger partial charge in [-0.2, -0.15) is 0 Å². The molecule has 0 aromatic heterocycles. The lowest BCUT2D eigenvalue weighted by atomic mass is 9.98. The Hall–Kier alpha value is -1.22. The summed E-state index contributed by atoms with van der Waals surface area (Å²) in [4.78, 5) is 10.5. The second-order valence-corrected chi connectivity index (χ2v) is 4.28. The number of hydrogen-bond acceptors (Lipinski definition) is 2. The van der Waals surface area contributed by atoms with Gasteiger partial charge in [0.15, 0.2) is 0 Å². The van der Waals surface area contributed by atoms with Gasteiger partial charge in [0, 0.05) is 6.42 Å². The van der Waals surface area contributed by atoms with Crippen LogP contribution in [0.2, 0.25) is 5.02 Å². The van der Waals surface area contributed by atoms with Crippen LogP contribution >= 0.6 is 11.6 Å². The SMILES string of the molecule is COc1ccc(CC(C)CC(=O)O)cc1Cl. The lowest BCUT2D eigenvalue weighted by Gasteiger charge is -2.10. The molecule has 4 heteroatoms. The van der Waals surface area contributed by atoms with E-state index >= 15 is 0 Å². The molecule has 1 atom stereocenters. The van der Waals surface area contributed by atoms with Gasteiger partial charge < -0.3 is 9.84 Å². The molecule has 0 aliphatic heterocycles. The third kappa shape index (κ3) is 3.74. The third-order valence-electron chi connectivity index (χ3n) is 2.32. The van der Waals surface area contributed by atoms with Crippen molar-refractivity contribution >= 4 is 17.6 Å². The number of benzene rings is 1. The van der Waals surface area contributed by atoms with Crippen LogP contribution in [0.3, 0.4) is 0 Å². The number of ether oxygens (including phenoxy) is 1. The summed E-state index contributed by atoms with van der Waals surface area (Å²) in [7, 11) is 1.56. The molecule has 0 fully saturated rings. The van der Waals surface area contributed by atoms with Crippen LogP contribution in [0.5, 0.6) is 5.75 Å². The molecule has 1 rings (SSSR count). The fourth-order valence-electron chi connectivity index (χ4n) is 1.61. The molecule has 1 aromatic rings. The maximum absolute atomic E-state index is 10.5. The van der Waals surface area contributed by atoms with Gasteiger partial charge in [-0.15, -0.1) is 0 Å². The van der Waals surface area contributed by atoms with Gasteiger partial charge in [0.1, 0.15) is 5.75 Å². The molecule has 88 valence electrons. The van der Waals surface area contributed by atoms with Gasteiger partial charge >= 0.3 is 5.97 Å². The molecule has 1 N–H and O–H groups in total. The van der Waals surface area contributed by atoms with E-state index in [1.54, 1.807) is 13.2 Å². The number of carbonyl (C=O) groups is 1. The standard InChI is InChI=1S/C12H15ClO3/c1-8(6-12(14)15)5-9-3-4-11(16-2)10(13)7-9/h3-4,7-8H,5-6H2,1-2H3,(H,14,15). The lowest BCUT2D eigenvalue weighted by molar-refractivity contribution is -0.137. The van der Waals surface area contributed by atoms with Crippen LogP contribution in [0.25, 0.3) is 0 Å². The fraction of sp³-hybridized carbons (Fsp3) is 0.417. The molecule has 16 heavy (non-hydrogen) atoms. The van der Waals surface area contributed by atoms with Crippen molar-refractivity contribution in [3.05, 3.63) is 28.8 Å². The van der Waals surface area contributed by atoms with Crippen molar-refractivity contribution in [3.63, 3.8) is 0 Å². The summed E-state index contributed by atoms with van der Waals surface area (Å²) in [6.07, 6.45) is 0.875. The van der Waals surface area contributed by atoms with E-state index < -0.39 is 5.97 Å². The van der Waals surface area contributed by atoms with E-state index in [-0.39, 0.29) is 12.3 Å². The quantitative estimate of drug-likeness (QED) is 0.864. The highest BCUT2D eigenvalue weighted by molar-refractivity contribution is 6.32. The van der Waals surface area contributed by atoms with Gasteiger partial charge in [-0.3, -0.25) is 4.79 Å². The van der Waals surface area contributed by atoms with Crippen LogP contribution in [-0.4, -0.2) is 18.2 Å². The number of methoxy groups -OCH3 is 1. The maximum atomic E-state index is 10.5.